The number of nitrogens with zero attached hydrogens (tertiary/aromatic N) is 5. The molecule has 0 bridgehead atoms. The van der Waals surface area contributed by atoms with Gasteiger partial charge in [-0.1, -0.05) is 36.4 Å². The molecule has 0 N–H and O–H groups in total. The molecule has 1 aliphatic heterocycles. The molecule has 0 atom stereocenters. The summed E-state index contributed by atoms with van der Waals surface area (Å²) in [6.07, 6.45) is -3.21. The summed E-state index contributed by atoms with van der Waals surface area (Å²) in [5, 5.41) is 10.9. The molecule has 0 saturated carbocycles. The van der Waals surface area contributed by atoms with Crippen molar-refractivity contribution in [1.29, 1.82) is 0 Å². The van der Waals surface area contributed by atoms with Gasteiger partial charge in [0.2, 0.25) is 0 Å². The van der Waals surface area contributed by atoms with E-state index in [1.165, 1.54) is 6.07 Å². The van der Waals surface area contributed by atoms with Gasteiger partial charge in [0.05, 0.1) is 0 Å². The second-order valence-corrected chi connectivity index (χ2v) is 8.04. The number of fused-ring (bicyclic) bond motifs is 1. The van der Waals surface area contributed by atoms with E-state index in [-0.39, 0.29) is 11.8 Å². The highest BCUT2D eigenvalue weighted by molar-refractivity contribution is 5.46. The monoisotopic (exact) mass is 469 g/mol. The third-order valence-electron chi connectivity index (χ3n) is 5.62. The molecule has 34 heavy (non-hydrogen) atoms. The van der Waals surface area contributed by atoms with Crippen LogP contribution >= 0.6 is 0 Å². The average molecular weight is 469 g/mol. The number of halogens is 3. The number of anilines is 1. The van der Waals surface area contributed by atoms with Crippen LogP contribution in [0.15, 0.2) is 66.7 Å². The molecule has 0 aliphatic carbocycles. The number of hydrogen-bond donors (Lipinski definition) is 0. The largest absolute Gasteiger partial charge is 0.490 e. The summed E-state index contributed by atoms with van der Waals surface area (Å²) >= 11 is 0. The molecule has 4 aromatic rings. The standard InChI is InChI=1S/C24H22F3N5O2/c25-24(26,27)23-29-28-21-9-10-22(30-32(21)23)31-13-11-18(12-14-31)34-20-8-4-7-19(15-20)33-16-17-5-2-1-3-6-17/h1-10,15,18H,11-14,16H2. The van der Waals surface area contributed by atoms with Crippen molar-refractivity contribution < 1.29 is 22.6 Å². The fourth-order valence-electron chi connectivity index (χ4n) is 3.90. The number of aromatic nitrogens is 4. The van der Waals surface area contributed by atoms with Crippen molar-refractivity contribution in [2.24, 2.45) is 0 Å². The molecule has 1 aliphatic rings. The maximum absolute atomic E-state index is 13.1. The van der Waals surface area contributed by atoms with Crippen molar-refractivity contribution in [3.63, 3.8) is 0 Å². The maximum Gasteiger partial charge on any atom is 0.453 e. The predicted molar refractivity (Wildman–Crippen MR) is 119 cm³/mol. The molecule has 0 spiro atoms. The Bertz CT molecular complexity index is 1250. The molecule has 1 fully saturated rings. The summed E-state index contributed by atoms with van der Waals surface area (Å²) in [5.74, 6) is 0.776. The maximum atomic E-state index is 13.1. The topological polar surface area (TPSA) is 64.8 Å². The Morgan fingerprint density at radius 3 is 2.41 bits per heavy atom. The fourth-order valence-corrected chi connectivity index (χ4v) is 3.90. The van der Waals surface area contributed by atoms with Gasteiger partial charge >= 0.3 is 6.18 Å². The Morgan fingerprint density at radius 2 is 1.65 bits per heavy atom. The highest BCUT2D eigenvalue weighted by Crippen LogP contribution is 2.29. The van der Waals surface area contributed by atoms with Crippen molar-refractivity contribution >= 4 is 11.5 Å². The zero-order valence-electron chi connectivity index (χ0n) is 18.2. The van der Waals surface area contributed by atoms with Crippen LogP contribution in [0.4, 0.5) is 19.0 Å². The van der Waals surface area contributed by atoms with Crippen LogP contribution in [-0.2, 0) is 12.8 Å². The first-order valence-corrected chi connectivity index (χ1v) is 10.9. The van der Waals surface area contributed by atoms with Crippen molar-refractivity contribution in [3.8, 4) is 11.5 Å². The zero-order valence-corrected chi connectivity index (χ0v) is 18.2. The Balaban J connectivity index is 1.19. The van der Waals surface area contributed by atoms with Crippen molar-refractivity contribution in [1.82, 2.24) is 19.8 Å². The molecule has 2 aromatic carbocycles. The third kappa shape index (κ3) is 4.90. The van der Waals surface area contributed by atoms with Gasteiger partial charge in [-0.3, -0.25) is 0 Å². The highest BCUT2D eigenvalue weighted by Gasteiger charge is 2.38. The minimum atomic E-state index is -4.62. The number of rotatable bonds is 6. The van der Waals surface area contributed by atoms with Gasteiger partial charge in [-0.15, -0.1) is 15.3 Å². The summed E-state index contributed by atoms with van der Waals surface area (Å²) in [6.45, 7) is 1.69. The average Bonchev–Trinajstić information content (AvgIpc) is 3.28. The summed E-state index contributed by atoms with van der Waals surface area (Å²) < 4.78 is 52.2. The molecule has 176 valence electrons. The van der Waals surface area contributed by atoms with E-state index in [1.807, 2.05) is 59.5 Å². The van der Waals surface area contributed by atoms with Crippen LogP contribution < -0.4 is 14.4 Å². The van der Waals surface area contributed by atoms with Crippen LogP contribution in [0.25, 0.3) is 5.65 Å². The Morgan fingerprint density at radius 1 is 0.882 bits per heavy atom. The zero-order chi connectivity index (χ0) is 23.5. The molecule has 10 heteroatoms. The van der Waals surface area contributed by atoms with E-state index >= 15 is 0 Å². The smallest absolute Gasteiger partial charge is 0.453 e. The lowest BCUT2D eigenvalue weighted by Crippen LogP contribution is -2.39. The van der Waals surface area contributed by atoms with Crippen molar-refractivity contribution in [2.75, 3.05) is 18.0 Å². The second-order valence-electron chi connectivity index (χ2n) is 8.04. The number of hydrogen-bond acceptors (Lipinski definition) is 6. The number of benzene rings is 2. The summed E-state index contributed by atoms with van der Waals surface area (Å²) in [4.78, 5) is 1.94. The van der Waals surface area contributed by atoms with E-state index in [0.717, 1.165) is 21.6 Å². The number of piperidine rings is 1. The van der Waals surface area contributed by atoms with E-state index in [2.05, 4.69) is 15.3 Å². The predicted octanol–water partition coefficient (Wildman–Crippen LogP) is 4.77. The van der Waals surface area contributed by atoms with Gasteiger partial charge in [0.1, 0.15) is 30.0 Å². The lowest BCUT2D eigenvalue weighted by molar-refractivity contribution is -0.146. The molecule has 0 radical (unpaired) electrons. The summed E-state index contributed by atoms with van der Waals surface area (Å²) in [6, 6.07) is 20.6. The van der Waals surface area contributed by atoms with Crippen molar-refractivity contribution in [3.05, 3.63) is 78.1 Å². The van der Waals surface area contributed by atoms with E-state index in [0.29, 0.717) is 38.4 Å². The van der Waals surface area contributed by atoms with Crippen LogP contribution in [0.3, 0.4) is 0 Å². The van der Waals surface area contributed by atoms with Crippen LogP contribution in [0.5, 0.6) is 11.5 Å². The molecule has 3 heterocycles. The van der Waals surface area contributed by atoms with Crippen molar-refractivity contribution in [2.45, 2.75) is 31.7 Å². The molecule has 0 unspecified atom stereocenters. The minimum Gasteiger partial charge on any atom is -0.490 e. The molecular weight excluding hydrogens is 447 g/mol. The van der Waals surface area contributed by atoms with E-state index in [4.69, 9.17) is 9.47 Å². The van der Waals surface area contributed by atoms with Gasteiger partial charge in [-0.2, -0.15) is 17.7 Å². The van der Waals surface area contributed by atoms with E-state index < -0.39 is 12.0 Å². The third-order valence-corrected chi connectivity index (χ3v) is 5.62. The second kappa shape index (κ2) is 9.20. The summed E-state index contributed by atoms with van der Waals surface area (Å²) in [5.41, 5.74) is 1.14. The molecule has 0 amide bonds. The fraction of sp³-hybridized carbons (Fsp3) is 0.292. The normalized spacial score (nSPS) is 15.0. The lowest BCUT2D eigenvalue weighted by Gasteiger charge is -2.32. The first-order valence-electron chi connectivity index (χ1n) is 10.9. The molecule has 1 saturated heterocycles. The molecular formula is C24H22F3N5O2. The van der Waals surface area contributed by atoms with Gasteiger partial charge in [0, 0.05) is 32.0 Å². The quantitative estimate of drug-likeness (QED) is 0.405. The summed E-state index contributed by atoms with van der Waals surface area (Å²) in [7, 11) is 0. The van der Waals surface area contributed by atoms with Gasteiger partial charge in [0.25, 0.3) is 5.82 Å². The first kappa shape index (κ1) is 22.0. The van der Waals surface area contributed by atoms with E-state index in [9.17, 15) is 13.2 Å². The Labute approximate surface area is 193 Å². The first-order chi connectivity index (χ1) is 16.5. The van der Waals surface area contributed by atoms with Gasteiger partial charge in [-0.25, -0.2) is 0 Å². The Kier molecular flexibility index (Phi) is 5.95. The number of ether oxygens (including phenoxy) is 2. The SMILES string of the molecule is FC(F)(F)c1nnc2ccc(N3CCC(Oc4cccc(OCc5ccccc5)c4)CC3)nn12. The lowest BCUT2D eigenvalue weighted by atomic mass is 10.1. The molecule has 2 aromatic heterocycles. The molecule has 5 rings (SSSR count). The van der Waals surface area contributed by atoms with Crippen LogP contribution in [0.1, 0.15) is 24.2 Å². The van der Waals surface area contributed by atoms with Gasteiger partial charge in [0.15, 0.2) is 5.65 Å². The Hall–Kier alpha value is -3.82. The minimum absolute atomic E-state index is 0.00926. The van der Waals surface area contributed by atoms with E-state index in [1.54, 1.807) is 6.07 Å². The molecule has 7 nitrogen and oxygen atoms in total. The van der Waals surface area contributed by atoms with Gasteiger partial charge < -0.3 is 14.4 Å². The van der Waals surface area contributed by atoms with Crippen LogP contribution in [-0.4, -0.2) is 39.0 Å². The van der Waals surface area contributed by atoms with Gasteiger partial charge in [-0.05, 0) is 29.8 Å². The van der Waals surface area contributed by atoms with Crippen LogP contribution in [0.2, 0.25) is 0 Å². The highest BCUT2D eigenvalue weighted by atomic mass is 19.4. The van der Waals surface area contributed by atoms with Crippen LogP contribution in [0, 0.1) is 0 Å². The number of alkyl halides is 3.